The average Bonchev–Trinajstić information content (AvgIpc) is 3.28. The number of rotatable bonds is 7. The van der Waals surface area contributed by atoms with Gasteiger partial charge in [-0.2, -0.15) is 17.5 Å². The standard InChI is InChI=1S/C23H24F3N5OS/c24-23(25,26)19-8-6-18(7-9-19)21(32)27-10-11-30-12-14-31(15-13-30)22-28-20(29-33-22)16-17-4-2-1-3-5-17/h1-9H,10-16H2,(H,27,32). The van der Waals surface area contributed by atoms with Crippen LogP contribution >= 0.6 is 11.5 Å². The number of nitrogens with one attached hydrogen (secondary N) is 1. The van der Waals surface area contributed by atoms with Crippen LogP contribution in [0, 0.1) is 0 Å². The maximum atomic E-state index is 12.6. The minimum atomic E-state index is -4.41. The van der Waals surface area contributed by atoms with Crippen molar-refractivity contribution in [1.82, 2.24) is 19.6 Å². The maximum Gasteiger partial charge on any atom is 0.416 e. The first kappa shape index (κ1) is 23.2. The van der Waals surface area contributed by atoms with E-state index in [-0.39, 0.29) is 11.5 Å². The van der Waals surface area contributed by atoms with Gasteiger partial charge in [0.05, 0.1) is 5.56 Å². The molecule has 0 spiro atoms. The van der Waals surface area contributed by atoms with Crippen molar-refractivity contribution in [2.24, 2.45) is 0 Å². The molecule has 1 saturated heterocycles. The second kappa shape index (κ2) is 10.3. The minimum absolute atomic E-state index is 0.218. The molecule has 1 fully saturated rings. The molecule has 10 heteroatoms. The van der Waals surface area contributed by atoms with E-state index >= 15 is 0 Å². The number of carbonyl (C=O) groups excluding carboxylic acids is 1. The van der Waals surface area contributed by atoms with E-state index < -0.39 is 11.7 Å². The second-order valence-electron chi connectivity index (χ2n) is 7.82. The SMILES string of the molecule is O=C(NCCN1CCN(c2nc(Cc3ccccc3)ns2)CC1)c1ccc(C(F)(F)F)cc1. The molecule has 33 heavy (non-hydrogen) atoms. The zero-order valence-corrected chi connectivity index (χ0v) is 18.7. The Morgan fingerprint density at radius 1 is 1.00 bits per heavy atom. The molecule has 1 amide bonds. The van der Waals surface area contributed by atoms with Crippen molar-refractivity contribution >= 4 is 22.6 Å². The first-order valence-corrected chi connectivity index (χ1v) is 11.4. The fourth-order valence-corrected chi connectivity index (χ4v) is 4.36. The molecule has 2 aromatic carbocycles. The molecule has 1 N–H and O–H groups in total. The summed E-state index contributed by atoms with van der Waals surface area (Å²) in [6.07, 6.45) is -3.69. The third-order valence-electron chi connectivity index (χ3n) is 5.49. The highest BCUT2D eigenvalue weighted by atomic mass is 32.1. The van der Waals surface area contributed by atoms with E-state index in [0.717, 1.165) is 55.7 Å². The Morgan fingerprint density at radius 2 is 1.70 bits per heavy atom. The van der Waals surface area contributed by atoms with Gasteiger partial charge in [-0.3, -0.25) is 9.69 Å². The van der Waals surface area contributed by atoms with Crippen molar-refractivity contribution < 1.29 is 18.0 Å². The van der Waals surface area contributed by atoms with Crippen molar-refractivity contribution in [3.05, 3.63) is 77.1 Å². The highest BCUT2D eigenvalue weighted by Gasteiger charge is 2.30. The number of anilines is 1. The van der Waals surface area contributed by atoms with Gasteiger partial charge in [-0.25, -0.2) is 4.98 Å². The number of hydrogen-bond acceptors (Lipinski definition) is 6. The molecular formula is C23H24F3N5OS. The van der Waals surface area contributed by atoms with Crippen molar-refractivity contribution in [2.75, 3.05) is 44.2 Å². The summed E-state index contributed by atoms with van der Waals surface area (Å²) in [5.41, 5.74) is 0.639. The van der Waals surface area contributed by atoms with Gasteiger partial charge in [0, 0.05) is 62.8 Å². The van der Waals surface area contributed by atoms with Crippen LogP contribution in [0.5, 0.6) is 0 Å². The molecule has 0 aliphatic carbocycles. The summed E-state index contributed by atoms with van der Waals surface area (Å²) >= 11 is 1.42. The van der Waals surface area contributed by atoms with E-state index in [1.807, 2.05) is 18.2 Å². The molecule has 0 radical (unpaired) electrons. The third-order valence-corrected chi connectivity index (χ3v) is 6.31. The van der Waals surface area contributed by atoms with Crippen LogP contribution in [0.15, 0.2) is 54.6 Å². The summed E-state index contributed by atoms with van der Waals surface area (Å²) < 4.78 is 42.4. The molecule has 174 valence electrons. The van der Waals surface area contributed by atoms with Crippen molar-refractivity contribution in [3.8, 4) is 0 Å². The predicted octanol–water partition coefficient (Wildman–Crippen LogP) is 3.70. The Morgan fingerprint density at radius 3 is 2.36 bits per heavy atom. The largest absolute Gasteiger partial charge is 0.416 e. The lowest BCUT2D eigenvalue weighted by molar-refractivity contribution is -0.137. The molecule has 1 aromatic heterocycles. The van der Waals surface area contributed by atoms with Gasteiger partial charge < -0.3 is 10.2 Å². The maximum absolute atomic E-state index is 12.6. The Labute approximate surface area is 194 Å². The number of hydrogen-bond donors (Lipinski definition) is 1. The summed E-state index contributed by atoms with van der Waals surface area (Å²) in [7, 11) is 0. The van der Waals surface area contributed by atoms with Gasteiger partial charge in [-0.15, -0.1) is 0 Å². The number of aromatic nitrogens is 2. The lowest BCUT2D eigenvalue weighted by Gasteiger charge is -2.34. The molecule has 1 aliphatic heterocycles. The summed E-state index contributed by atoms with van der Waals surface area (Å²) in [6, 6.07) is 14.4. The summed E-state index contributed by atoms with van der Waals surface area (Å²) in [5.74, 6) is 0.455. The van der Waals surface area contributed by atoms with Crippen LogP contribution in [0.2, 0.25) is 0 Å². The van der Waals surface area contributed by atoms with Crippen LogP contribution in [0.3, 0.4) is 0 Å². The molecule has 3 aromatic rings. The Balaban J connectivity index is 1.19. The number of nitrogens with zero attached hydrogens (tertiary/aromatic N) is 4. The zero-order valence-electron chi connectivity index (χ0n) is 17.9. The van der Waals surface area contributed by atoms with E-state index in [1.54, 1.807) is 0 Å². The minimum Gasteiger partial charge on any atom is -0.351 e. The fraction of sp³-hybridized carbons (Fsp3) is 0.348. The van der Waals surface area contributed by atoms with Gasteiger partial charge in [0.2, 0.25) is 5.13 Å². The topological polar surface area (TPSA) is 61.4 Å². The lowest BCUT2D eigenvalue weighted by Crippen LogP contribution is -2.48. The molecule has 4 rings (SSSR count). The van der Waals surface area contributed by atoms with Crippen LogP contribution < -0.4 is 10.2 Å². The fourth-order valence-electron chi connectivity index (χ4n) is 3.63. The van der Waals surface area contributed by atoms with Crippen LogP contribution in [0.25, 0.3) is 0 Å². The average molecular weight is 476 g/mol. The Bertz CT molecular complexity index is 1050. The van der Waals surface area contributed by atoms with E-state index in [1.165, 1.54) is 29.2 Å². The lowest BCUT2D eigenvalue weighted by atomic mass is 10.1. The summed E-state index contributed by atoms with van der Waals surface area (Å²) in [4.78, 5) is 21.3. The number of amides is 1. The van der Waals surface area contributed by atoms with Crippen molar-refractivity contribution in [3.63, 3.8) is 0 Å². The number of halogens is 3. The van der Waals surface area contributed by atoms with E-state index in [9.17, 15) is 18.0 Å². The molecule has 0 atom stereocenters. The number of piperazine rings is 1. The van der Waals surface area contributed by atoms with Crippen molar-refractivity contribution in [2.45, 2.75) is 12.6 Å². The normalized spacial score (nSPS) is 14.9. The van der Waals surface area contributed by atoms with Crippen LogP contribution in [0.1, 0.15) is 27.3 Å². The highest BCUT2D eigenvalue weighted by molar-refractivity contribution is 7.09. The molecule has 0 bridgehead atoms. The Kier molecular flexibility index (Phi) is 7.24. The van der Waals surface area contributed by atoms with Gasteiger partial charge in [-0.1, -0.05) is 30.3 Å². The Hall–Kier alpha value is -2.98. The van der Waals surface area contributed by atoms with Gasteiger partial charge in [0.1, 0.15) is 5.82 Å². The van der Waals surface area contributed by atoms with Crippen LogP contribution in [0.4, 0.5) is 18.3 Å². The monoisotopic (exact) mass is 475 g/mol. The molecule has 0 unspecified atom stereocenters. The summed E-state index contributed by atoms with van der Waals surface area (Å²) in [5, 5.41) is 3.71. The second-order valence-corrected chi connectivity index (χ2v) is 8.55. The zero-order chi connectivity index (χ0) is 23.3. The van der Waals surface area contributed by atoms with Gasteiger partial charge >= 0.3 is 6.18 Å². The van der Waals surface area contributed by atoms with Crippen LogP contribution in [-0.2, 0) is 12.6 Å². The molecule has 6 nitrogen and oxygen atoms in total. The van der Waals surface area contributed by atoms with E-state index in [4.69, 9.17) is 0 Å². The number of carbonyl (C=O) groups is 1. The highest BCUT2D eigenvalue weighted by Crippen LogP contribution is 2.29. The molecule has 0 saturated carbocycles. The smallest absolute Gasteiger partial charge is 0.351 e. The van der Waals surface area contributed by atoms with E-state index in [0.29, 0.717) is 13.1 Å². The van der Waals surface area contributed by atoms with Gasteiger partial charge in [-0.05, 0) is 29.8 Å². The quantitative estimate of drug-likeness (QED) is 0.565. The first-order valence-electron chi connectivity index (χ1n) is 10.7. The number of alkyl halides is 3. The van der Waals surface area contributed by atoms with E-state index in [2.05, 4.69) is 36.6 Å². The first-order chi connectivity index (χ1) is 15.9. The summed E-state index contributed by atoms with van der Waals surface area (Å²) in [6.45, 7) is 4.43. The molecule has 2 heterocycles. The third kappa shape index (κ3) is 6.29. The number of benzene rings is 2. The molecular weight excluding hydrogens is 451 g/mol. The van der Waals surface area contributed by atoms with Crippen LogP contribution in [-0.4, -0.2) is 59.4 Å². The van der Waals surface area contributed by atoms with Gasteiger partial charge in [0.25, 0.3) is 5.91 Å². The van der Waals surface area contributed by atoms with Gasteiger partial charge in [0.15, 0.2) is 0 Å². The predicted molar refractivity (Wildman–Crippen MR) is 122 cm³/mol. The molecule has 1 aliphatic rings. The van der Waals surface area contributed by atoms with Crippen molar-refractivity contribution in [1.29, 1.82) is 0 Å².